The molecule has 2 N–H and O–H groups in total. The minimum absolute atomic E-state index is 0.0727. The highest BCUT2D eigenvalue weighted by Gasteiger charge is 2.12. The number of anilines is 1. The van der Waals surface area contributed by atoms with Crippen LogP contribution in [0.5, 0.6) is 0 Å². The van der Waals surface area contributed by atoms with Gasteiger partial charge in [0.15, 0.2) is 0 Å². The molecule has 1 aliphatic heterocycles. The highest BCUT2D eigenvalue weighted by Crippen LogP contribution is 2.19. The second kappa shape index (κ2) is 5.77. The number of rotatable bonds is 2. The molecule has 0 aliphatic carbocycles. The zero-order chi connectivity index (χ0) is 13.9. The van der Waals surface area contributed by atoms with E-state index in [0.29, 0.717) is 5.56 Å². The van der Waals surface area contributed by atoms with Crippen LogP contribution in [0.3, 0.4) is 0 Å². The van der Waals surface area contributed by atoms with Crippen molar-refractivity contribution in [3.05, 3.63) is 63.6 Å². The van der Waals surface area contributed by atoms with E-state index < -0.39 is 0 Å². The van der Waals surface area contributed by atoms with Gasteiger partial charge < -0.3 is 10.6 Å². The number of benzene rings is 2. The molecule has 0 fully saturated rings. The highest BCUT2D eigenvalue weighted by atomic mass is 79.9. The molecule has 0 atom stereocenters. The van der Waals surface area contributed by atoms with E-state index in [2.05, 4.69) is 32.6 Å². The normalized spacial score (nSPS) is 13.7. The minimum atomic E-state index is -0.0727. The van der Waals surface area contributed by atoms with Crippen molar-refractivity contribution >= 4 is 27.5 Å². The van der Waals surface area contributed by atoms with Gasteiger partial charge in [-0.15, -0.1) is 0 Å². The number of hydrogen-bond acceptors (Lipinski definition) is 2. The third-order valence-electron chi connectivity index (χ3n) is 3.44. The maximum absolute atomic E-state index is 12.3. The van der Waals surface area contributed by atoms with Crippen molar-refractivity contribution in [1.82, 2.24) is 5.32 Å². The van der Waals surface area contributed by atoms with Crippen LogP contribution in [0.4, 0.5) is 5.69 Å². The van der Waals surface area contributed by atoms with Crippen LogP contribution in [0.15, 0.2) is 46.9 Å². The Morgan fingerprint density at radius 2 is 2.05 bits per heavy atom. The van der Waals surface area contributed by atoms with E-state index >= 15 is 0 Å². The standard InChI is InChI=1S/C16H15BrN2O/c17-14-2-1-3-15(9-14)19-16(20)12-5-4-11-6-7-18-10-13(11)8-12/h1-5,8-9,18H,6-7,10H2,(H,19,20). The molecule has 1 heterocycles. The number of hydrogen-bond donors (Lipinski definition) is 2. The van der Waals surface area contributed by atoms with Gasteiger partial charge in [0, 0.05) is 22.3 Å². The summed E-state index contributed by atoms with van der Waals surface area (Å²) in [6.45, 7) is 1.85. The van der Waals surface area contributed by atoms with Gasteiger partial charge in [-0.05, 0) is 54.4 Å². The van der Waals surface area contributed by atoms with Crippen molar-refractivity contribution in [2.75, 3.05) is 11.9 Å². The van der Waals surface area contributed by atoms with E-state index in [1.807, 2.05) is 36.4 Å². The smallest absolute Gasteiger partial charge is 0.255 e. The molecule has 3 nitrogen and oxygen atoms in total. The van der Waals surface area contributed by atoms with Crippen molar-refractivity contribution in [2.24, 2.45) is 0 Å². The summed E-state index contributed by atoms with van der Waals surface area (Å²) in [4.78, 5) is 12.3. The lowest BCUT2D eigenvalue weighted by Gasteiger charge is -2.17. The van der Waals surface area contributed by atoms with Gasteiger partial charge in [-0.25, -0.2) is 0 Å². The van der Waals surface area contributed by atoms with Crippen LogP contribution in [-0.2, 0) is 13.0 Å². The first-order valence-corrected chi connectivity index (χ1v) is 7.41. The van der Waals surface area contributed by atoms with Crippen LogP contribution in [0.2, 0.25) is 0 Å². The first-order chi connectivity index (χ1) is 9.72. The predicted molar refractivity (Wildman–Crippen MR) is 83.9 cm³/mol. The zero-order valence-corrected chi connectivity index (χ0v) is 12.5. The van der Waals surface area contributed by atoms with Crippen LogP contribution < -0.4 is 10.6 Å². The first-order valence-electron chi connectivity index (χ1n) is 6.62. The zero-order valence-electron chi connectivity index (χ0n) is 10.9. The summed E-state index contributed by atoms with van der Waals surface area (Å²) in [6.07, 6.45) is 1.03. The van der Waals surface area contributed by atoms with E-state index in [1.54, 1.807) is 0 Å². The highest BCUT2D eigenvalue weighted by molar-refractivity contribution is 9.10. The van der Waals surface area contributed by atoms with Crippen LogP contribution in [0, 0.1) is 0 Å². The molecule has 0 spiro atoms. The maximum atomic E-state index is 12.3. The Labute approximate surface area is 126 Å². The lowest BCUT2D eigenvalue weighted by Crippen LogP contribution is -2.24. The summed E-state index contributed by atoms with van der Waals surface area (Å²) < 4.78 is 0.949. The van der Waals surface area contributed by atoms with Gasteiger partial charge in [0.1, 0.15) is 0 Å². The molecule has 0 unspecified atom stereocenters. The van der Waals surface area contributed by atoms with Gasteiger partial charge >= 0.3 is 0 Å². The number of carbonyl (C=O) groups excluding carboxylic acids is 1. The molecule has 0 saturated heterocycles. The van der Waals surface area contributed by atoms with E-state index in [9.17, 15) is 4.79 Å². The van der Waals surface area contributed by atoms with Gasteiger partial charge in [0.2, 0.25) is 0 Å². The summed E-state index contributed by atoms with van der Waals surface area (Å²) in [5.74, 6) is -0.0727. The average molecular weight is 331 g/mol. The van der Waals surface area contributed by atoms with Gasteiger partial charge in [0.05, 0.1) is 0 Å². The lowest BCUT2D eigenvalue weighted by atomic mass is 9.98. The Morgan fingerprint density at radius 3 is 2.90 bits per heavy atom. The summed E-state index contributed by atoms with van der Waals surface area (Å²) >= 11 is 3.40. The third kappa shape index (κ3) is 2.92. The van der Waals surface area contributed by atoms with E-state index in [0.717, 1.165) is 29.7 Å². The van der Waals surface area contributed by atoms with Crippen molar-refractivity contribution in [1.29, 1.82) is 0 Å². The number of carbonyl (C=O) groups is 1. The molecule has 0 radical (unpaired) electrons. The van der Waals surface area contributed by atoms with Gasteiger partial charge in [-0.2, -0.15) is 0 Å². The molecule has 4 heteroatoms. The van der Waals surface area contributed by atoms with Crippen LogP contribution in [0.25, 0.3) is 0 Å². The van der Waals surface area contributed by atoms with Crippen molar-refractivity contribution < 1.29 is 4.79 Å². The average Bonchev–Trinajstić information content (AvgIpc) is 2.47. The summed E-state index contributed by atoms with van der Waals surface area (Å²) in [5, 5.41) is 6.24. The lowest BCUT2D eigenvalue weighted by molar-refractivity contribution is 0.102. The Bertz CT molecular complexity index is 655. The fourth-order valence-corrected chi connectivity index (χ4v) is 2.79. The topological polar surface area (TPSA) is 41.1 Å². The van der Waals surface area contributed by atoms with Gasteiger partial charge in [-0.1, -0.05) is 28.1 Å². The van der Waals surface area contributed by atoms with Crippen LogP contribution >= 0.6 is 15.9 Å². The molecule has 0 bridgehead atoms. The van der Waals surface area contributed by atoms with E-state index in [4.69, 9.17) is 0 Å². The maximum Gasteiger partial charge on any atom is 0.255 e. The molecule has 102 valence electrons. The van der Waals surface area contributed by atoms with Crippen molar-refractivity contribution in [3.8, 4) is 0 Å². The summed E-state index contributed by atoms with van der Waals surface area (Å²) in [6, 6.07) is 13.5. The number of fused-ring (bicyclic) bond motifs is 1. The molecule has 2 aromatic carbocycles. The van der Waals surface area contributed by atoms with E-state index in [1.165, 1.54) is 11.1 Å². The van der Waals surface area contributed by atoms with Gasteiger partial charge in [-0.3, -0.25) is 4.79 Å². The quantitative estimate of drug-likeness (QED) is 0.886. The molecule has 20 heavy (non-hydrogen) atoms. The number of nitrogens with one attached hydrogen (secondary N) is 2. The van der Waals surface area contributed by atoms with E-state index in [-0.39, 0.29) is 5.91 Å². The summed E-state index contributed by atoms with van der Waals surface area (Å²) in [5.41, 5.74) is 4.05. The van der Waals surface area contributed by atoms with Crippen LogP contribution in [0.1, 0.15) is 21.5 Å². The predicted octanol–water partition coefficient (Wildman–Crippen LogP) is 3.35. The Morgan fingerprint density at radius 1 is 1.15 bits per heavy atom. The molecule has 0 aromatic heterocycles. The minimum Gasteiger partial charge on any atom is -0.322 e. The second-order valence-electron chi connectivity index (χ2n) is 4.87. The molecule has 0 saturated carbocycles. The summed E-state index contributed by atoms with van der Waals surface area (Å²) in [7, 11) is 0. The molecular weight excluding hydrogens is 316 g/mol. The first kappa shape index (κ1) is 13.3. The molecular formula is C16H15BrN2O. The molecule has 1 amide bonds. The monoisotopic (exact) mass is 330 g/mol. The van der Waals surface area contributed by atoms with Crippen molar-refractivity contribution in [3.63, 3.8) is 0 Å². The van der Waals surface area contributed by atoms with Gasteiger partial charge in [0.25, 0.3) is 5.91 Å². The molecule has 2 aromatic rings. The largest absolute Gasteiger partial charge is 0.322 e. The fourth-order valence-electron chi connectivity index (χ4n) is 2.39. The third-order valence-corrected chi connectivity index (χ3v) is 3.93. The number of amides is 1. The molecule has 3 rings (SSSR count). The SMILES string of the molecule is O=C(Nc1cccc(Br)c1)c1ccc2c(c1)CNCC2. The van der Waals surface area contributed by atoms with Crippen molar-refractivity contribution in [2.45, 2.75) is 13.0 Å². The van der Waals surface area contributed by atoms with Crippen LogP contribution in [-0.4, -0.2) is 12.5 Å². The Kier molecular flexibility index (Phi) is 3.85. The second-order valence-corrected chi connectivity index (χ2v) is 5.79. The fraction of sp³-hybridized carbons (Fsp3) is 0.188. The molecule has 1 aliphatic rings. The Balaban J connectivity index is 1.80. The number of halogens is 1. The Hall–Kier alpha value is -1.65.